The average molecular weight is 527 g/mol. The molecule has 4 atom stereocenters. The Bertz CT molecular complexity index is 1430. The molecule has 0 saturated heterocycles. The van der Waals surface area contributed by atoms with Crippen LogP contribution in [0.4, 0.5) is 0 Å². The van der Waals surface area contributed by atoms with E-state index in [1.807, 2.05) is 48.5 Å². The zero-order valence-electron chi connectivity index (χ0n) is 23.4. The fourth-order valence-electron chi connectivity index (χ4n) is 7.02. The van der Waals surface area contributed by atoms with Gasteiger partial charge in [-0.25, -0.2) is 0 Å². The van der Waals surface area contributed by atoms with Gasteiger partial charge in [-0.2, -0.15) is 0 Å². The van der Waals surface area contributed by atoms with Gasteiger partial charge in [-0.15, -0.1) is 0 Å². The van der Waals surface area contributed by atoms with Crippen LogP contribution >= 0.6 is 0 Å². The number of rotatable bonds is 5. The van der Waals surface area contributed by atoms with Crippen LogP contribution in [0.15, 0.2) is 109 Å². The molecule has 0 saturated carbocycles. The van der Waals surface area contributed by atoms with E-state index in [9.17, 15) is 10.2 Å². The van der Waals surface area contributed by atoms with Gasteiger partial charge in [0.05, 0.1) is 0 Å². The van der Waals surface area contributed by atoms with Crippen molar-refractivity contribution in [3.63, 3.8) is 0 Å². The van der Waals surface area contributed by atoms with Crippen LogP contribution in [0.1, 0.15) is 50.7 Å². The maximum atomic E-state index is 10.5. The molecule has 2 heteroatoms. The molecule has 2 aliphatic rings. The summed E-state index contributed by atoms with van der Waals surface area (Å²) in [4.78, 5) is 0. The predicted molar refractivity (Wildman–Crippen MR) is 167 cm³/mol. The van der Waals surface area contributed by atoms with Crippen LogP contribution in [0.3, 0.4) is 0 Å². The van der Waals surface area contributed by atoms with Gasteiger partial charge in [0.25, 0.3) is 0 Å². The summed E-state index contributed by atoms with van der Waals surface area (Å²) in [6.45, 7) is 4.73. The summed E-state index contributed by atoms with van der Waals surface area (Å²) in [5, 5.41) is 21.1. The Balaban J connectivity index is 1.19. The Kier molecular flexibility index (Phi) is 7.34. The molecule has 0 bridgehead atoms. The van der Waals surface area contributed by atoms with E-state index in [1.54, 1.807) is 0 Å². The number of phenols is 2. The van der Waals surface area contributed by atoms with Crippen LogP contribution in [0.2, 0.25) is 0 Å². The molecule has 0 aliphatic heterocycles. The third-order valence-corrected chi connectivity index (χ3v) is 9.15. The number of aromatic hydroxyl groups is 2. The first-order valence-electron chi connectivity index (χ1n) is 14.7. The van der Waals surface area contributed by atoms with Crippen molar-refractivity contribution in [3.8, 4) is 33.8 Å². The second-order valence-corrected chi connectivity index (χ2v) is 11.8. The molecule has 2 nitrogen and oxygen atoms in total. The fourth-order valence-corrected chi connectivity index (χ4v) is 7.02. The van der Waals surface area contributed by atoms with Crippen molar-refractivity contribution in [1.82, 2.24) is 0 Å². The van der Waals surface area contributed by atoms with Gasteiger partial charge in [-0.1, -0.05) is 98.8 Å². The first kappa shape index (κ1) is 26.2. The molecule has 0 fully saturated rings. The number of hydrogen-bond donors (Lipinski definition) is 2. The normalized spacial score (nSPS) is 22.9. The molecular formula is C38H38O2. The number of allylic oxidation sites excluding steroid dienone is 4. The van der Waals surface area contributed by atoms with Gasteiger partial charge in [0.1, 0.15) is 11.5 Å². The van der Waals surface area contributed by atoms with Crippen molar-refractivity contribution in [2.24, 2.45) is 23.7 Å². The standard InChI is InChI=1S/C38H38O2/c1-25-21-29(13-17-33(25)31-15-19-37(39)35(23-31)27-9-5-3-6-10-27)30-14-18-34(26(2)22-30)32-16-20-38(40)36(24-32)28-11-7-4-8-12-28/h3-12,15-20,23-26,29-30,39-40H,13-14,21-22H2,1-2H3. The van der Waals surface area contributed by atoms with E-state index in [-0.39, 0.29) is 0 Å². The van der Waals surface area contributed by atoms with E-state index >= 15 is 0 Å². The molecule has 0 amide bonds. The molecule has 6 rings (SSSR count). The van der Waals surface area contributed by atoms with Crippen LogP contribution in [0.25, 0.3) is 33.4 Å². The van der Waals surface area contributed by atoms with E-state index in [0.717, 1.165) is 35.1 Å². The summed E-state index contributed by atoms with van der Waals surface area (Å²) in [5.74, 6) is 3.01. The summed E-state index contributed by atoms with van der Waals surface area (Å²) in [6.07, 6.45) is 9.56. The molecule has 0 spiro atoms. The van der Waals surface area contributed by atoms with E-state index < -0.39 is 0 Å². The lowest BCUT2D eigenvalue weighted by molar-refractivity contribution is 0.250. The first-order chi connectivity index (χ1) is 19.5. The molecule has 202 valence electrons. The van der Waals surface area contributed by atoms with Crippen molar-refractivity contribution in [2.75, 3.05) is 0 Å². The Hall–Kier alpha value is -4.04. The predicted octanol–water partition coefficient (Wildman–Crippen LogP) is 9.99. The lowest BCUT2D eigenvalue weighted by Gasteiger charge is -2.37. The van der Waals surface area contributed by atoms with Gasteiger partial charge in [-0.3, -0.25) is 0 Å². The number of phenolic OH excluding ortho intramolecular Hbond substituents is 2. The van der Waals surface area contributed by atoms with Crippen LogP contribution in [-0.2, 0) is 0 Å². The minimum absolute atomic E-state index is 0.334. The minimum Gasteiger partial charge on any atom is -0.507 e. The van der Waals surface area contributed by atoms with E-state index in [4.69, 9.17) is 0 Å². The lowest BCUT2D eigenvalue weighted by atomic mass is 9.68. The van der Waals surface area contributed by atoms with Crippen molar-refractivity contribution in [1.29, 1.82) is 0 Å². The van der Waals surface area contributed by atoms with Crippen LogP contribution in [0.5, 0.6) is 11.5 Å². The highest BCUT2D eigenvalue weighted by Gasteiger charge is 2.32. The van der Waals surface area contributed by atoms with E-state index in [2.05, 4.69) is 74.5 Å². The molecule has 0 radical (unpaired) electrons. The molecule has 2 N–H and O–H groups in total. The van der Waals surface area contributed by atoms with Gasteiger partial charge < -0.3 is 10.2 Å². The molecule has 4 aromatic carbocycles. The van der Waals surface area contributed by atoms with Crippen LogP contribution < -0.4 is 0 Å². The topological polar surface area (TPSA) is 40.5 Å². The monoisotopic (exact) mass is 526 g/mol. The van der Waals surface area contributed by atoms with Crippen molar-refractivity contribution in [3.05, 3.63) is 120 Å². The maximum absolute atomic E-state index is 10.5. The van der Waals surface area contributed by atoms with E-state index in [0.29, 0.717) is 35.2 Å². The second-order valence-electron chi connectivity index (χ2n) is 11.8. The van der Waals surface area contributed by atoms with Crippen molar-refractivity contribution < 1.29 is 10.2 Å². The molecule has 4 unspecified atom stereocenters. The van der Waals surface area contributed by atoms with Gasteiger partial charge in [0.2, 0.25) is 0 Å². The fraction of sp³-hybridized carbons (Fsp3) is 0.263. The van der Waals surface area contributed by atoms with Gasteiger partial charge >= 0.3 is 0 Å². The van der Waals surface area contributed by atoms with Gasteiger partial charge in [-0.05, 0) is 107 Å². The SMILES string of the molecule is CC1CC(C2CC=C(c3ccc(O)c(-c4ccccc4)c3)C(C)C2)CC=C1c1ccc(O)c(-c2ccccc2)c1. The molecule has 4 aromatic rings. The largest absolute Gasteiger partial charge is 0.507 e. The van der Waals surface area contributed by atoms with Crippen LogP contribution in [0, 0.1) is 23.7 Å². The van der Waals surface area contributed by atoms with Crippen LogP contribution in [-0.4, -0.2) is 10.2 Å². The minimum atomic E-state index is 0.334. The second kappa shape index (κ2) is 11.2. The highest BCUT2D eigenvalue weighted by Crippen LogP contribution is 2.46. The van der Waals surface area contributed by atoms with E-state index in [1.165, 1.54) is 35.1 Å². The summed E-state index contributed by atoms with van der Waals surface area (Å²) < 4.78 is 0. The maximum Gasteiger partial charge on any atom is 0.123 e. The highest BCUT2D eigenvalue weighted by molar-refractivity contribution is 5.79. The smallest absolute Gasteiger partial charge is 0.123 e. The Morgan fingerprint density at radius 1 is 0.500 bits per heavy atom. The zero-order valence-corrected chi connectivity index (χ0v) is 23.4. The zero-order chi connectivity index (χ0) is 27.6. The van der Waals surface area contributed by atoms with Crippen molar-refractivity contribution in [2.45, 2.75) is 39.5 Å². The Morgan fingerprint density at radius 3 is 1.27 bits per heavy atom. The summed E-state index contributed by atoms with van der Waals surface area (Å²) in [7, 11) is 0. The quantitative estimate of drug-likeness (QED) is 0.272. The molecule has 2 aliphatic carbocycles. The number of benzene rings is 4. The highest BCUT2D eigenvalue weighted by atomic mass is 16.3. The Labute approximate surface area is 238 Å². The lowest BCUT2D eigenvalue weighted by Crippen LogP contribution is -2.25. The molecular weight excluding hydrogens is 488 g/mol. The summed E-state index contributed by atoms with van der Waals surface area (Å²) in [6, 6.07) is 32.5. The molecule has 40 heavy (non-hydrogen) atoms. The van der Waals surface area contributed by atoms with Gasteiger partial charge in [0.15, 0.2) is 0 Å². The first-order valence-corrected chi connectivity index (χ1v) is 14.7. The molecule has 0 heterocycles. The summed E-state index contributed by atoms with van der Waals surface area (Å²) in [5.41, 5.74) is 9.16. The number of hydrogen-bond acceptors (Lipinski definition) is 2. The summed E-state index contributed by atoms with van der Waals surface area (Å²) >= 11 is 0. The average Bonchev–Trinajstić information content (AvgIpc) is 2.99. The van der Waals surface area contributed by atoms with Gasteiger partial charge in [0, 0.05) is 11.1 Å². The third-order valence-electron chi connectivity index (χ3n) is 9.15. The third kappa shape index (κ3) is 5.23. The van der Waals surface area contributed by atoms with Crippen molar-refractivity contribution >= 4 is 11.1 Å². The Morgan fingerprint density at radius 2 is 0.900 bits per heavy atom. The molecule has 0 aromatic heterocycles.